The van der Waals surface area contributed by atoms with Crippen molar-refractivity contribution in [3.05, 3.63) is 54.0 Å². The Morgan fingerprint density at radius 1 is 1.13 bits per heavy atom. The maximum atomic E-state index is 13.1. The van der Waals surface area contributed by atoms with Crippen LogP contribution in [0.5, 0.6) is 5.75 Å². The lowest BCUT2D eigenvalue weighted by Crippen LogP contribution is -2.36. The van der Waals surface area contributed by atoms with Crippen molar-refractivity contribution < 1.29 is 37.3 Å². The van der Waals surface area contributed by atoms with Gasteiger partial charge >= 0.3 is 19.5 Å². The van der Waals surface area contributed by atoms with Crippen molar-refractivity contribution in [2.24, 2.45) is 0 Å². The van der Waals surface area contributed by atoms with Crippen LogP contribution in [0.25, 0.3) is 0 Å². The summed E-state index contributed by atoms with van der Waals surface area (Å²) in [7, 11) is -2.16. The third-order valence-electron chi connectivity index (χ3n) is 3.66. The molecule has 10 heteroatoms. The Morgan fingerprint density at radius 2 is 1.83 bits per heavy atom. The highest BCUT2D eigenvalue weighted by molar-refractivity contribution is 7.57. The van der Waals surface area contributed by atoms with Gasteiger partial charge in [-0.2, -0.15) is 0 Å². The van der Waals surface area contributed by atoms with Gasteiger partial charge in [-0.25, -0.2) is 9.88 Å². The van der Waals surface area contributed by atoms with Crippen LogP contribution in [-0.2, 0) is 30.2 Å². The summed E-state index contributed by atoms with van der Waals surface area (Å²) >= 11 is 0. The van der Waals surface area contributed by atoms with Crippen LogP contribution in [0, 0.1) is 0 Å². The van der Waals surface area contributed by atoms with Gasteiger partial charge in [-0.05, 0) is 50.6 Å². The highest BCUT2D eigenvalue weighted by Crippen LogP contribution is 2.43. The molecule has 0 amide bonds. The number of rotatable bonds is 11. The van der Waals surface area contributed by atoms with Gasteiger partial charge in [0.2, 0.25) is 5.76 Å². The molecule has 0 spiro atoms. The van der Waals surface area contributed by atoms with Crippen molar-refractivity contribution in [2.45, 2.75) is 39.5 Å². The predicted octanol–water partition coefficient (Wildman–Crippen LogP) is 3.74. The molecule has 1 unspecified atom stereocenters. The molecule has 0 fully saturated rings. The first kappa shape index (κ1) is 23.7. The van der Waals surface area contributed by atoms with Crippen LogP contribution in [0.4, 0.5) is 0 Å². The highest BCUT2D eigenvalue weighted by atomic mass is 31.2. The van der Waals surface area contributed by atoms with Crippen LogP contribution in [-0.4, -0.2) is 37.5 Å². The Kier molecular flexibility index (Phi) is 8.65. The normalized spacial score (nSPS) is 14.0. The number of hydrogen-bond donors (Lipinski definition) is 1. The average molecular weight is 439 g/mol. The molecule has 1 N–H and O–H groups in total. The molecule has 2 atom stereocenters. The maximum Gasteiger partial charge on any atom is 0.374 e. The Balaban J connectivity index is 1.96. The second kappa shape index (κ2) is 11.0. The molecule has 1 aromatic carbocycles. The number of carbonyl (C=O) groups excluding carboxylic acids is 2. The molecule has 164 valence electrons. The van der Waals surface area contributed by atoms with Crippen molar-refractivity contribution in [1.29, 1.82) is 0 Å². The highest BCUT2D eigenvalue weighted by Gasteiger charge is 2.30. The zero-order valence-electron chi connectivity index (χ0n) is 17.3. The predicted molar refractivity (Wildman–Crippen MR) is 108 cm³/mol. The molecule has 9 nitrogen and oxygen atoms in total. The zero-order chi connectivity index (χ0) is 22.1. The quantitative estimate of drug-likeness (QED) is 0.413. The van der Waals surface area contributed by atoms with Crippen LogP contribution in [0.15, 0.2) is 47.1 Å². The van der Waals surface area contributed by atoms with Crippen LogP contribution in [0.1, 0.15) is 36.9 Å². The minimum absolute atomic E-state index is 0.0336. The van der Waals surface area contributed by atoms with E-state index in [1.807, 2.05) is 0 Å². The van der Waals surface area contributed by atoms with E-state index in [0.717, 1.165) is 0 Å². The Morgan fingerprint density at radius 3 is 2.40 bits per heavy atom. The number of hydrogen-bond acceptors (Lipinski definition) is 8. The molecule has 30 heavy (non-hydrogen) atoms. The first-order valence-electron chi connectivity index (χ1n) is 9.28. The molecule has 0 saturated carbocycles. The molecule has 0 radical (unpaired) electrons. The summed E-state index contributed by atoms with van der Waals surface area (Å²) in [6.45, 7) is 5.02. The molecule has 2 rings (SSSR count). The van der Waals surface area contributed by atoms with Gasteiger partial charge in [-0.1, -0.05) is 12.1 Å². The standard InChI is InChI=1S/C20H26NO8P/c1-14(2)28-19(22)15(3)21-30(24,13-25-4)29-17-9-7-16(8-10-17)12-27-20(23)18-6-5-11-26-18/h5-11,14-15H,12-13H2,1-4H3,(H,21,24)/t15-,30?/m0/s1. The largest absolute Gasteiger partial charge is 0.462 e. The van der Waals surface area contributed by atoms with Gasteiger partial charge in [0.05, 0.1) is 12.4 Å². The third-order valence-corrected chi connectivity index (χ3v) is 5.55. The van der Waals surface area contributed by atoms with Crippen LogP contribution >= 0.6 is 7.52 Å². The van der Waals surface area contributed by atoms with E-state index in [4.69, 9.17) is 23.2 Å². The first-order valence-corrected chi connectivity index (χ1v) is 11.1. The summed E-state index contributed by atoms with van der Waals surface area (Å²) in [5, 5.41) is 2.67. The summed E-state index contributed by atoms with van der Waals surface area (Å²) in [4.78, 5) is 23.8. The van der Waals surface area contributed by atoms with E-state index in [2.05, 4.69) is 5.09 Å². The van der Waals surface area contributed by atoms with Gasteiger partial charge in [0.1, 0.15) is 24.7 Å². The van der Waals surface area contributed by atoms with Crippen molar-refractivity contribution >= 4 is 19.5 Å². The summed E-state index contributed by atoms with van der Waals surface area (Å²) in [6.07, 6.45) is 0.853. The van der Waals surface area contributed by atoms with Gasteiger partial charge in [0.25, 0.3) is 0 Å². The average Bonchev–Trinajstić information content (AvgIpc) is 3.21. The number of benzene rings is 1. The number of esters is 2. The monoisotopic (exact) mass is 439 g/mol. The molecule has 1 aromatic heterocycles. The molecule has 0 aliphatic heterocycles. The lowest BCUT2D eigenvalue weighted by atomic mass is 10.2. The van der Waals surface area contributed by atoms with Crippen molar-refractivity contribution in [3.63, 3.8) is 0 Å². The Hall–Kier alpha value is -2.61. The summed E-state index contributed by atoms with van der Waals surface area (Å²) in [5.74, 6) is -0.699. The van der Waals surface area contributed by atoms with Gasteiger partial charge < -0.3 is 23.2 Å². The minimum Gasteiger partial charge on any atom is -0.462 e. The molecular formula is C20H26NO8P. The van der Waals surface area contributed by atoms with E-state index < -0.39 is 25.5 Å². The van der Waals surface area contributed by atoms with Crippen LogP contribution in [0.3, 0.4) is 0 Å². The zero-order valence-corrected chi connectivity index (χ0v) is 18.2. The maximum absolute atomic E-state index is 13.1. The number of nitrogens with one attached hydrogen (secondary N) is 1. The number of carbonyl (C=O) groups is 2. The fourth-order valence-electron chi connectivity index (χ4n) is 2.37. The fourth-order valence-corrected chi connectivity index (χ4v) is 4.05. The second-order valence-corrected chi connectivity index (χ2v) is 8.76. The van der Waals surface area contributed by atoms with E-state index in [1.54, 1.807) is 44.2 Å². The smallest absolute Gasteiger partial charge is 0.374 e. The van der Waals surface area contributed by atoms with Gasteiger partial charge in [0.15, 0.2) is 0 Å². The minimum atomic E-state index is -3.54. The molecule has 1 heterocycles. The number of ether oxygens (including phenoxy) is 3. The molecular weight excluding hydrogens is 413 g/mol. The van der Waals surface area contributed by atoms with Crippen molar-refractivity contribution in [2.75, 3.05) is 13.5 Å². The molecule has 0 aliphatic carbocycles. The van der Waals surface area contributed by atoms with E-state index >= 15 is 0 Å². The van der Waals surface area contributed by atoms with Crippen LogP contribution < -0.4 is 9.61 Å². The Bertz CT molecular complexity index is 863. The molecule has 0 aliphatic rings. The van der Waals surface area contributed by atoms with E-state index in [-0.39, 0.29) is 24.8 Å². The Labute approximate surface area is 175 Å². The number of methoxy groups -OCH3 is 1. The van der Waals surface area contributed by atoms with Gasteiger partial charge in [-0.15, -0.1) is 0 Å². The lowest BCUT2D eigenvalue weighted by molar-refractivity contribution is -0.149. The molecule has 0 saturated heterocycles. The van der Waals surface area contributed by atoms with E-state index in [0.29, 0.717) is 11.3 Å². The van der Waals surface area contributed by atoms with Gasteiger partial charge in [0, 0.05) is 7.11 Å². The van der Waals surface area contributed by atoms with E-state index in [1.165, 1.54) is 26.4 Å². The van der Waals surface area contributed by atoms with Crippen LogP contribution in [0.2, 0.25) is 0 Å². The molecule has 2 aromatic rings. The van der Waals surface area contributed by atoms with Crippen molar-refractivity contribution in [3.8, 4) is 5.75 Å². The van der Waals surface area contributed by atoms with E-state index in [9.17, 15) is 14.2 Å². The lowest BCUT2D eigenvalue weighted by Gasteiger charge is -2.23. The fraction of sp³-hybridized carbons (Fsp3) is 0.400. The summed E-state index contributed by atoms with van der Waals surface area (Å²) in [6, 6.07) is 8.75. The first-order chi connectivity index (χ1) is 14.2. The van der Waals surface area contributed by atoms with Gasteiger partial charge in [-0.3, -0.25) is 9.36 Å². The third kappa shape index (κ3) is 7.33. The SMILES string of the molecule is COCP(=O)(N[C@@H](C)C(=O)OC(C)C)Oc1ccc(COC(=O)c2ccco2)cc1. The summed E-state index contributed by atoms with van der Waals surface area (Å²) < 4.78 is 38.9. The second-order valence-electron chi connectivity index (χ2n) is 6.72. The number of furan rings is 1. The summed E-state index contributed by atoms with van der Waals surface area (Å²) in [5.41, 5.74) is 0.700. The molecule has 0 bridgehead atoms. The topological polar surface area (TPSA) is 113 Å². The van der Waals surface area contributed by atoms with Crippen molar-refractivity contribution in [1.82, 2.24) is 5.09 Å².